The lowest BCUT2D eigenvalue weighted by Gasteiger charge is -2.20. The quantitative estimate of drug-likeness (QED) is 0.596. The fourth-order valence-electron chi connectivity index (χ4n) is 4.11. The summed E-state index contributed by atoms with van der Waals surface area (Å²) in [6.07, 6.45) is 3.70. The zero-order chi connectivity index (χ0) is 23.4. The molecule has 2 aromatic heterocycles. The number of carbonyl (C=O) groups is 2. The largest absolute Gasteiger partial charge is 0.465 e. The molecule has 1 atom stereocenters. The molecule has 8 nitrogen and oxygen atoms in total. The van der Waals surface area contributed by atoms with Crippen LogP contribution in [0.3, 0.4) is 0 Å². The maximum absolute atomic E-state index is 13.3. The number of rotatable bonds is 7. The zero-order valence-electron chi connectivity index (χ0n) is 18.4. The van der Waals surface area contributed by atoms with Crippen LogP contribution in [0, 0.1) is 11.7 Å². The van der Waals surface area contributed by atoms with E-state index in [-0.39, 0.29) is 24.2 Å². The number of benzene rings is 1. The summed E-state index contributed by atoms with van der Waals surface area (Å²) in [4.78, 5) is 31.2. The summed E-state index contributed by atoms with van der Waals surface area (Å²) in [5.41, 5.74) is 3.41. The average Bonchev–Trinajstić information content (AvgIpc) is 3.43. The van der Waals surface area contributed by atoms with E-state index in [9.17, 15) is 14.0 Å². The highest BCUT2D eigenvalue weighted by Crippen LogP contribution is 2.22. The Hall–Kier alpha value is -3.75. The van der Waals surface area contributed by atoms with E-state index in [0.29, 0.717) is 26.1 Å². The Kier molecular flexibility index (Phi) is 6.67. The molecule has 33 heavy (non-hydrogen) atoms. The molecule has 0 bridgehead atoms. The lowest BCUT2D eigenvalue weighted by Crippen LogP contribution is -2.35. The molecule has 2 amide bonds. The lowest BCUT2D eigenvalue weighted by atomic mass is 10.1. The molecule has 1 aliphatic heterocycles. The van der Waals surface area contributed by atoms with E-state index in [2.05, 4.69) is 10.1 Å². The van der Waals surface area contributed by atoms with Crippen LogP contribution in [0.1, 0.15) is 17.7 Å². The van der Waals surface area contributed by atoms with Crippen molar-refractivity contribution >= 4 is 12.0 Å². The van der Waals surface area contributed by atoms with Crippen LogP contribution < -0.4 is 0 Å². The summed E-state index contributed by atoms with van der Waals surface area (Å²) in [7, 11) is 1.54. The Morgan fingerprint density at radius 2 is 1.91 bits per heavy atom. The Morgan fingerprint density at radius 3 is 2.61 bits per heavy atom. The number of carbonyl (C=O) groups excluding carboxylic acids is 1. The SMILES string of the molecule is CN(CC1CCN(C(=O)Cn2nc(-c3ccncc3)cc2Cc2ccc(F)cc2)C1)C(=O)O. The predicted molar refractivity (Wildman–Crippen MR) is 120 cm³/mol. The van der Waals surface area contributed by atoms with Crippen molar-refractivity contribution in [2.24, 2.45) is 5.92 Å². The third kappa shape index (κ3) is 5.54. The first-order chi connectivity index (χ1) is 15.9. The number of hydrogen-bond acceptors (Lipinski definition) is 4. The number of halogens is 1. The molecule has 9 heteroatoms. The average molecular weight is 452 g/mol. The fourth-order valence-corrected chi connectivity index (χ4v) is 4.11. The number of carboxylic acid groups (broad SMARTS) is 1. The van der Waals surface area contributed by atoms with Crippen LogP contribution in [0.25, 0.3) is 11.3 Å². The van der Waals surface area contributed by atoms with Gasteiger partial charge in [-0.15, -0.1) is 0 Å². The van der Waals surface area contributed by atoms with E-state index in [1.807, 2.05) is 18.2 Å². The van der Waals surface area contributed by atoms with Gasteiger partial charge in [0.1, 0.15) is 12.4 Å². The van der Waals surface area contributed by atoms with E-state index in [0.717, 1.165) is 28.9 Å². The van der Waals surface area contributed by atoms with Crippen LogP contribution in [0.15, 0.2) is 54.9 Å². The first-order valence-corrected chi connectivity index (χ1v) is 10.8. The molecule has 172 valence electrons. The van der Waals surface area contributed by atoms with Crippen molar-refractivity contribution in [2.45, 2.75) is 19.4 Å². The molecule has 3 heterocycles. The van der Waals surface area contributed by atoms with Crippen LogP contribution >= 0.6 is 0 Å². The van der Waals surface area contributed by atoms with Gasteiger partial charge in [-0.2, -0.15) is 5.10 Å². The third-order valence-electron chi connectivity index (χ3n) is 5.92. The first-order valence-electron chi connectivity index (χ1n) is 10.8. The number of aromatic nitrogens is 3. The van der Waals surface area contributed by atoms with Crippen molar-refractivity contribution in [3.63, 3.8) is 0 Å². The molecule has 1 unspecified atom stereocenters. The first kappa shape index (κ1) is 22.4. The molecule has 4 rings (SSSR count). The summed E-state index contributed by atoms with van der Waals surface area (Å²) in [6.45, 7) is 1.62. The zero-order valence-corrected chi connectivity index (χ0v) is 18.4. The Balaban J connectivity index is 1.50. The van der Waals surface area contributed by atoms with Gasteiger partial charge in [-0.05, 0) is 48.2 Å². The van der Waals surface area contributed by atoms with Crippen molar-refractivity contribution in [3.05, 3.63) is 71.9 Å². The molecule has 1 aromatic carbocycles. The molecule has 0 aliphatic carbocycles. The summed E-state index contributed by atoms with van der Waals surface area (Å²) in [5.74, 6) is -0.226. The van der Waals surface area contributed by atoms with Gasteiger partial charge in [-0.1, -0.05) is 12.1 Å². The molecule has 1 N–H and O–H groups in total. The topological polar surface area (TPSA) is 91.6 Å². The fraction of sp³-hybridized carbons (Fsp3) is 0.333. The van der Waals surface area contributed by atoms with Crippen LogP contribution in [0.2, 0.25) is 0 Å². The Labute approximate surface area is 191 Å². The Morgan fingerprint density at radius 1 is 1.18 bits per heavy atom. The van der Waals surface area contributed by atoms with Crippen molar-refractivity contribution < 1.29 is 19.1 Å². The van der Waals surface area contributed by atoms with E-state index in [1.54, 1.807) is 41.2 Å². The molecule has 0 saturated carbocycles. The lowest BCUT2D eigenvalue weighted by molar-refractivity contribution is -0.131. The van der Waals surface area contributed by atoms with Crippen LogP contribution in [0.4, 0.5) is 9.18 Å². The maximum atomic E-state index is 13.3. The number of nitrogens with zero attached hydrogens (tertiary/aromatic N) is 5. The normalized spacial score (nSPS) is 15.6. The van der Waals surface area contributed by atoms with E-state index in [1.165, 1.54) is 17.0 Å². The minimum atomic E-state index is -0.967. The van der Waals surface area contributed by atoms with E-state index in [4.69, 9.17) is 5.11 Å². The van der Waals surface area contributed by atoms with E-state index >= 15 is 0 Å². The van der Waals surface area contributed by atoms with Crippen molar-refractivity contribution in [2.75, 3.05) is 26.7 Å². The van der Waals surface area contributed by atoms with Gasteiger partial charge in [-0.25, -0.2) is 9.18 Å². The smallest absolute Gasteiger partial charge is 0.407 e. The van der Waals surface area contributed by atoms with Crippen LogP contribution in [-0.2, 0) is 17.8 Å². The molecule has 3 aromatic rings. The Bertz CT molecular complexity index is 1120. The molecular formula is C24H26FN5O3. The number of amides is 2. The second-order valence-electron chi connectivity index (χ2n) is 8.38. The minimum absolute atomic E-state index is 0.0554. The monoisotopic (exact) mass is 451 g/mol. The highest BCUT2D eigenvalue weighted by Gasteiger charge is 2.28. The molecule has 1 saturated heterocycles. The second-order valence-corrected chi connectivity index (χ2v) is 8.38. The highest BCUT2D eigenvalue weighted by molar-refractivity contribution is 5.76. The van der Waals surface area contributed by atoms with Gasteiger partial charge >= 0.3 is 6.09 Å². The van der Waals surface area contributed by atoms with Crippen molar-refractivity contribution in [1.29, 1.82) is 0 Å². The van der Waals surface area contributed by atoms with Gasteiger partial charge in [-0.3, -0.25) is 14.5 Å². The highest BCUT2D eigenvalue weighted by atomic mass is 19.1. The second kappa shape index (κ2) is 9.81. The standard InChI is InChI=1S/C24H26FN5O3/c1-28(24(32)33)14-18-8-11-29(15-18)23(31)16-30-21(12-17-2-4-20(25)5-3-17)13-22(27-30)19-6-9-26-10-7-19/h2-7,9-10,13,18H,8,11-12,14-16H2,1H3,(H,32,33). The number of likely N-dealkylation sites (tertiary alicyclic amines) is 1. The van der Waals surface area contributed by atoms with Crippen LogP contribution in [0.5, 0.6) is 0 Å². The van der Waals surface area contributed by atoms with Crippen molar-refractivity contribution in [3.8, 4) is 11.3 Å². The van der Waals surface area contributed by atoms with Gasteiger partial charge in [0.25, 0.3) is 0 Å². The van der Waals surface area contributed by atoms with Gasteiger partial charge in [0, 0.05) is 56.8 Å². The summed E-state index contributed by atoms with van der Waals surface area (Å²) >= 11 is 0. The molecule has 0 radical (unpaired) electrons. The number of pyridine rings is 1. The molecule has 0 spiro atoms. The summed E-state index contributed by atoms with van der Waals surface area (Å²) in [6, 6.07) is 12.0. The molecular weight excluding hydrogens is 425 g/mol. The van der Waals surface area contributed by atoms with E-state index < -0.39 is 6.09 Å². The molecule has 1 fully saturated rings. The molecule has 1 aliphatic rings. The van der Waals surface area contributed by atoms with Gasteiger partial charge in [0.2, 0.25) is 5.91 Å². The van der Waals surface area contributed by atoms with Gasteiger partial charge in [0.05, 0.1) is 5.69 Å². The maximum Gasteiger partial charge on any atom is 0.407 e. The third-order valence-corrected chi connectivity index (χ3v) is 5.92. The van der Waals surface area contributed by atoms with Crippen LogP contribution in [-0.4, -0.2) is 68.4 Å². The number of hydrogen-bond donors (Lipinski definition) is 1. The predicted octanol–water partition coefficient (Wildman–Crippen LogP) is 3.13. The summed E-state index contributed by atoms with van der Waals surface area (Å²) in [5, 5.41) is 13.8. The van der Waals surface area contributed by atoms with Gasteiger partial charge in [0.15, 0.2) is 0 Å². The summed E-state index contributed by atoms with van der Waals surface area (Å²) < 4.78 is 15.0. The van der Waals surface area contributed by atoms with Crippen molar-refractivity contribution in [1.82, 2.24) is 24.6 Å². The minimum Gasteiger partial charge on any atom is -0.465 e. The van der Waals surface area contributed by atoms with Gasteiger partial charge < -0.3 is 14.9 Å².